The molecule has 14 nitrogen and oxygen atoms in total. The van der Waals surface area contributed by atoms with E-state index in [1.165, 1.54) is 109 Å². The Balaban J connectivity index is 1.85. The Morgan fingerprint density at radius 2 is 1.00 bits per heavy atom. The minimum atomic E-state index is -1.79. The lowest BCUT2D eigenvalue weighted by molar-refractivity contribution is -0.359. The zero-order chi connectivity index (χ0) is 48.2. The molecule has 2 saturated heterocycles. The van der Waals surface area contributed by atoms with E-state index in [1.807, 2.05) is 6.08 Å². The average Bonchev–Trinajstić information content (AvgIpc) is 3.31. The third-order valence-electron chi connectivity index (χ3n) is 12.8. The molecule has 12 atom stereocenters. The second-order valence-electron chi connectivity index (χ2n) is 18.6. The topological polar surface area (TPSA) is 228 Å². The van der Waals surface area contributed by atoms with E-state index in [0.717, 1.165) is 57.8 Å². The number of amides is 1. The number of rotatable bonds is 40. The van der Waals surface area contributed by atoms with E-state index in [4.69, 9.17) is 18.9 Å². The molecular formula is C52H95NO13. The third-order valence-corrected chi connectivity index (χ3v) is 12.8. The number of hydrogen-bond donors (Lipinski definition) is 9. The van der Waals surface area contributed by atoms with Crippen molar-refractivity contribution in [1.82, 2.24) is 5.32 Å². The first kappa shape index (κ1) is 60.3. The van der Waals surface area contributed by atoms with Crippen molar-refractivity contribution in [3.63, 3.8) is 0 Å². The van der Waals surface area contributed by atoms with Gasteiger partial charge in [-0.25, -0.2) is 0 Å². The molecule has 2 aliphatic heterocycles. The van der Waals surface area contributed by atoms with Gasteiger partial charge in [0.15, 0.2) is 12.6 Å². The maximum atomic E-state index is 13.2. The molecule has 0 aromatic carbocycles. The van der Waals surface area contributed by atoms with E-state index in [1.54, 1.807) is 6.08 Å². The molecule has 1 amide bonds. The van der Waals surface area contributed by atoms with Crippen LogP contribution in [0, 0.1) is 0 Å². The average molecular weight is 942 g/mol. The van der Waals surface area contributed by atoms with Gasteiger partial charge in [-0.15, -0.1) is 0 Å². The van der Waals surface area contributed by atoms with Crippen molar-refractivity contribution in [2.24, 2.45) is 0 Å². The van der Waals surface area contributed by atoms with E-state index in [2.05, 4.69) is 43.5 Å². The molecule has 12 unspecified atom stereocenters. The highest BCUT2D eigenvalue weighted by Gasteiger charge is 2.51. The molecular weight excluding hydrogens is 847 g/mol. The third kappa shape index (κ3) is 25.7. The van der Waals surface area contributed by atoms with Crippen molar-refractivity contribution in [2.75, 3.05) is 19.8 Å². The molecule has 0 spiro atoms. The number of unbranched alkanes of at least 4 members (excludes halogenated alkanes) is 23. The molecule has 2 heterocycles. The summed E-state index contributed by atoms with van der Waals surface area (Å²) in [6.07, 6.45) is 27.4. The first-order valence-corrected chi connectivity index (χ1v) is 26.2. The monoisotopic (exact) mass is 942 g/mol. The molecule has 386 valence electrons. The summed E-state index contributed by atoms with van der Waals surface area (Å²) in [5, 5.41) is 86.8. The van der Waals surface area contributed by atoms with Crippen LogP contribution in [0.3, 0.4) is 0 Å². The molecule has 9 N–H and O–H groups in total. The Morgan fingerprint density at radius 1 is 0.545 bits per heavy atom. The van der Waals surface area contributed by atoms with Crippen LogP contribution in [0.1, 0.15) is 194 Å². The summed E-state index contributed by atoms with van der Waals surface area (Å²) in [7, 11) is 0. The first-order chi connectivity index (χ1) is 32.1. The van der Waals surface area contributed by atoms with Crippen LogP contribution in [0.15, 0.2) is 36.5 Å². The van der Waals surface area contributed by atoms with Gasteiger partial charge in [-0.2, -0.15) is 0 Å². The van der Waals surface area contributed by atoms with Crippen LogP contribution >= 0.6 is 0 Å². The molecule has 2 aliphatic rings. The molecule has 14 heteroatoms. The number of allylic oxidation sites excluding steroid dienone is 5. The van der Waals surface area contributed by atoms with E-state index < -0.39 is 86.8 Å². The van der Waals surface area contributed by atoms with Gasteiger partial charge in [0.1, 0.15) is 48.8 Å². The SMILES string of the molecule is CCCCC/C=C\C/C=C\CCCCCCCCCC(=O)NC(COC1OC(CO)C(OC2OC(CO)C(O)C(O)C2O)C(O)C1O)C(O)/C=C/CCCCCCCCCCCCCCC. The van der Waals surface area contributed by atoms with Crippen molar-refractivity contribution < 1.29 is 64.6 Å². The summed E-state index contributed by atoms with van der Waals surface area (Å²) in [5.74, 6) is -0.249. The number of ether oxygens (including phenoxy) is 4. The van der Waals surface area contributed by atoms with E-state index in [-0.39, 0.29) is 18.9 Å². The number of carbonyl (C=O) groups is 1. The van der Waals surface area contributed by atoms with Crippen molar-refractivity contribution in [3.8, 4) is 0 Å². The van der Waals surface area contributed by atoms with Crippen LogP contribution in [-0.4, -0.2) is 140 Å². The number of hydrogen-bond acceptors (Lipinski definition) is 13. The van der Waals surface area contributed by atoms with Crippen molar-refractivity contribution >= 4 is 5.91 Å². The molecule has 0 aliphatic carbocycles. The van der Waals surface area contributed by atoms with Gasteiger partial charge in [-0.1, -0.05) is 172 Å². The van der Waals surface area contributed by atoms with Gasteiger partial charge in [0.2, 0.25) is 5.91 Å². The number of nitrogens with one attached hydrogen (secondary N) is 1. The highest BCUT2D eigenvalue weighted by molar-refractivity contribution is 5.76. The van der Waals surface area contributed by atoms with E-state index in [9.17, 15) is 45.6 Å². The molecule has 2 fully saturated rings. The Labute approximate surface area is 398 Å². The fourth-order valence-corrected chi connectivity index (χ4v) is 8.50. The molecule has 0 saturated carbocycles. The van der Waals surface area contributed by atoms with Gasteiger partial charge in [-0.3, -0.25) is 4.79 Å². The Bertz CT molecular complexity index is 1250. The van der Waals surface area contributed by atoms with Gasteiger partial charge in [0.25, 0.3) is 0 Å². The smallest absolute Gasteiger partial charge is 0.220 e. The molecule has 0 aromatic heterocycles. The molecule has 66 heavy (non-hydrogen) atoms. The van der Waals surface area contributed by atoms with Crippen LogP contribution in [-0.2, 0) is 23.7 Å². The van der Waals surface area contributed by atoms with Crippen LogP contribution in [0.4, 0.5) is 0 Å². The minimum absolute atomic E-state index is 0.249. The van der Waals surface area contributed by atoms with Crippen molar-refractivity contribution in [2.45, 2.75) is 267 Å². The fourth-order valence-electron chi connectivity index (χ4n) is 8.50. The molecule has 0 bridgehead atoms. The molecule has 0 radical (unpaired) electrons. The summed E-state index contributed by atoms with van der Waals surface area (Å²) in [6, 6.07) is -0.917. The normalized spacial score (nSPS) is 27.1. The number of aliphatic hydroxyl groups is 8. The molecule has 2 rings (SSSR count). The summed E-state index contributed by atoms with van der Waals surface area (Å²) < 4.78 is 22.7. The van der Waals surface area contributed by atoms with Crippen LogP contribution in [0.25, 0.3) is 0 Å². The lowest BCUT2D eigenvalue weighted by atomic mass is 9.97. The van der Waals surface area contributed by atoms with Crippen LogP contribution < -0.4 is 5.32 Å². The van der Waals surface area contributed by atoms with Crippen molar-refractivity contribution in [3.05, 3.63) is 36.5 Å². The zero-order valence-electron chi connectivity index (χ0n) is 40.9. The predicted octanol–water partition coefficient (Wildman–Crippen LogP) is 7.10. The van der Waals surface area contributed by atoms with Crippen LogP contribution in [0.5, 0.6) is 0 Å². The minimum Gasteiger partial charge on any atom is -0.394 e. The summed E-state index contributed by atoms with van der Waals surface area (Å²) >= 11 is 0. The second-order valence-corrected chi connectivity index (χ2v) is 18.6. The van der Waals surface area contributed by atoms with Gasteiger partial charge >= 0.3 is 0 Å². The van der Waals surface area contributed by atoms with Gasteiger partial charge < -0.3 is 65.1 Å². The summed E-state index contributed by atoms with van der Waals surface area (Å²) in [6.45, 7) is 2.75. The fraction of sp³-hybridized carbons (Fsp3) is 0.865. The summed E-state index contributed by atoms with van der Waals surface area (Å²) in [5.41, 5.74) is 0. The highest BCUT2D eigenvalue weighted by atomic mass is 16.7. The Hall–Kier alpha value is -1.79. The predicted molar refractivity (Wildman–Crippen MR) is 258 cm³/mol. The van der Waals surface area contributed by atoms with Gasteiger partial charge in [0, 0.05) is 6.42 Å². The van der Waals surface area contributed by atoms with Crippen LogP contribution in [0.2, 0.25) is 0 Å². The Morgan fingerprint density at radius 3 is 1.55 bits per heavy atom. The quantitative estimate of drug-likeness (QED) is 0.0221. The lowest BCUT2D eigenvalue weighted by Gasteiger charge is -2.46. The van der Waals surface area contributed by atoms with Crippen molar-refractivity contribution in [1.29, 1.82) is 0 Å². The zero-order valence-corrected chi connectivity index (χ0v) is 40.9. The highest BCUT2D eigenvalue weighted by Crippen LogP contribution is 2.30. The maximum Gasteiger partial charge on any atom is 0.220 e. The lowest BCUT2D eigenvalue weighted by Crippen LogP contribution is -2.65. The second kappa shape index (κ2) is 39.0. The van der Waals surface area contributed by atoms with Gasteiger partial charge in [-0.05, 0) is 51.4 Å². The van der Waals surface area contributed by atoms with Gasteiger partial charge in [0.05, 0.1) is 32.0 Å². The Kier molecular flexibility index (Phi) is 35.6. The first-order valence-electron chi connectivity index (χ1n) is 26.2. The largest absolute Gasteiger partial charge is 0.394 e. The number of aliphatic hydroxyl groups excluding tert-OH is 8. The summed E-state index contributed by atoms with van der Waals surface area (Å²) in [4.78, 5) is 13.2. The standard InChI is InChI=1S/C52H95NO13/c1-3-5-7-9-11-13-15-17-19-20-22-24-26-28-30-32-34-36-44(57)53-40(41(56)35-33-31-29-27-25-23-21-18-16-14-12-10-8-6-4-2)39-63-51-49(62)47(60)50(43(38-55)65-51)66-52-48(61)46(59)45(58)42(37-54)64-52/h11,13,17,19,33,35,40-43,45-52,54-56,58-62H,3-10,12,14-16,18,20-32,34,36-39H2,1-2H3,(H,53,57)/b13-11-,19-17-,35-33+. The number of carbonyl (C=O) groups excluding carboxylic acids is 1. The molecule has 0 aromatic rings. The van der Waals surface area contributed by atoms with E-state index >= 15 is 0 Å². The van der Waals surface area contributed by atoms with E-state index in [0.29, 0.717) is 6.42 Å². The maximum absolute atomic E-state index is 13.2.